The zero-order valence-electron chi connectivity index (χ0n) is 15.1. The lowest BCUT2D eigenvalue weighted by molar-refractivity contribution is -0.141. The molecule has 1 unspecified atom stereocenters. The van der Waals surface area contributed by atoms with E-state index in [0.717, 1.165) is 36.7 Å². The highest BCUT2D eigenvalue weighted by Gasteiger charge is 2.23. The Kier molecular flexibility index (Phi) is 5.20. The first-order valence-electron chi connectivity index (χ1n) is 8.76. The maximum absolute atomic E-state index is 11.8. The largest absolute Gasteiger partial charge is 0.384 e. The molecule has 1 saturated heterocycles. The van der Waals surface area contributed by atoms with Crippen molar-refractivity contribution in [3.8, 4) is 5.69 Å². The molecule has 1 aliphatic rings. The number of benzene rings is 1. The summed E-state index contributed by atoms with van der Waals surface area (Å²) in [4.78, 5) is 15.9. The van der Waals surface area contributed by atoms with E-state index in [1.807, 2.05) is 11.6 Å². The van der Waals surface area contributed by atoms with E-state index >= 15 is 0 Å². The monoisotopic (exact) mass is 342 g/mol. The molecule has 3 rings (SSSR count). The molecule has 0 aliphatic carbocycles. The van der Waals surface area contributed by atoms with Gasteiger partial charge in [-0.3, -0.25) is 9.69 Å². The lowest BCUT2D eigenvalue weighted by atomic mass is 10.1. The number of aliphatic hydroxyl groups is 1. The lowest BCUT2D eigenvalue weighted by Gasteiger charge is -2.35. The van der Waals surface area contributed by atoms with Crippen LogP contribution in [0.3, 0.4) is 0 Å². The van der Waals surface area contributed by atoms with E-state index in [4.69, 9.17) is 0 Å². The number of amides is 1. The molecule has 2 aromatic rings. The number of aromatic nitrogens is 2. The van der Waals surface area contributed by atoms with Crippen molar-refractivity contribution < 1.29 is 9.90 Å². The van der Waals surface area contributed by atoms with Crippen molar-refractivity contribution in [2.45, 2.75) is 33.4 Å². The second kappa shape index (κ2) is 7.37. The Morgan fingerprint density at radius 1 is 1.16 bits per heavy atom. The molecule has 1 aromatic carbocycles. The van der Waals surface area contributed by atoms with Gasteiger partial charge in [-0.1, -0.05) is 12.1 Å². The SMILES string of the molecule is Cc1cc(C)n(-c2ccc(CN3CCN(C(=O)C(C)O)CC3)cc2)n1. The second-order valence-corrected chi connectivity index (χ2v) is 6.78. The molecule has 0 bridgehead atoms. The molecule has 6 heteroatoms. The number of piperazine rings is 1. The maximum atomic E-state index is 11.8. The van der Waals surface area contributed by atoms with Gasteiger partial charge in [0.05, 0.1) is 11.4 Å². The maximum Gasteiger partial charge on any atom is 0.251 e. The van der Waals surface area contributed by atoms with Crippen molar-refractivity contribution >= 4 is 5.91 Å². The van der Waals surface area contributed by atoms with Crippen LogP contribution in [0.1, 0.15) is 23.9 Å². The molecular formula is C19H26N4O2. The summed E-state index contributed by atoms with van der Waals surface area (Å²) >= 11 is 0. The Hall–Kier alpha value is -2.18. The first kappa shape index (κ1) is 17.6. The van der Waals surface area contributed by atoms with Crippen molar-refractivity contribution in [2.24, 2.45) is 0 Å². The summed E-state index contributed by atoms with van der Waals surface area (Å²) in [6.45, 7) is 9.46. The fourth-order valence-electron chi connectivity index (χ4n) is 3.28. The molecule has 134 valence electrons. The van der Waals surface area contributed by atoms with Crippen LogP contribution in [0.25, 0.3) is 5.69 Å². The van der Waals surface area contributed by atoms with Gasteiger partial charge in [0.25, 0.3) is 5.91 Å². The summed E-state index contributed by atoms with van der Waals surface area (Å²) < 4.78 is 1.96. The zero-order valence-corrected chi connectivity index (χ0v) is 15.1. The third kappa shape index (κ3) is 4.08. The highest BCUT2D eigenvalue weighted by Crippen LogP contribution is 2.15. The highest BCUT2D eigenvalue weighted by atomic mass is 16.3. The predicted molar refractivity (Wildman–Crippen MR) is 96.6 cm³/mol. The molecule has 0 spiro atoms. The molecule has 2 heterocycles. The fraction of sp³-hybridized carbons (Fsp3) is 0.474. The number of aryl methyl sites for hydroxylation is 2. The van der Waals surface area contributed by atoms with Gasteiger partial charge in [-0.15, -0.1) is 0 Å². The van der Waals surface area contributed by atoms with Crippen molar-refractivity contribution in [3.63, 3.8) is 0 Å². The summed E-state index contributed by atoms with van der Waals surface area (Å²) in [5.74, 6) is -0.172. The van der Waals surface area contributed by atoms with Gasteiger partial charge >= 0.3 is 0 Å². The Labute approximate surface area is 148 Å². The number of nitrogens with zero attached hydrogens (tertiary/aromatic N) is 4. The van der Waals surface area contributed by atoms with Crippen LogP contribution in [0.4, 0.5) is 0 Å². The molecule has 25 heavy (non-hydrogen) atoms. The van der Waals surface area contributed by atoms with E-state index in [1.54, 1.807) is 4.90 Å². The van der Waals surface area contributed by atoms with Crippen LogP contribution < -0.4 is 0 Å². The third-order valence-corrected chi connectivity index (χ3v) is 4.64. The molecule has 1 aromatic heterocycles. The number of carbonyl (C=O) groups is 1. The van der Waals surface area contributed by atoms with Crippen molar-refractivity contribution in [1.29, 1.82) is 0 Å². The first-order chi connectivity index (χ1) is 11.9. The van der Waals surface area contributed by atoms with E-state index in [2.05, 4.69) is 47.3 Å². The van der Waals surface area contributed by atoms with Crippen LogP contribution in [0, 0.1) is 13.8 Å². The first-order valence-corrected chi connectivity index (χ1v) is 8.76. The Morgan fingerprint density at radius 2 is 1.80 bits per heavy atom. The molecule has 1 fully saturated rings. The van der Waals surface area contributed by atoms with Gasteiger partial charge in [0, 0.05) is 38.4 Å². The molecule has 6 nitrogen and oxygen atoms in total. The quantitative estimate of drug-likeness (QED) is 0.915. The summed E-state index contributed by atoms with van der Waals surface area (Å²) in [6.07, 6.45) is -0.909. The zero-order chi connectivity index (χ0) is 18.0. The number of hydrogen-bond donors (Lipinski definition) is 1. The Balaban J connectivity index is 1.58. The van der Waals surface area contributed by atoms with Crippen LogP contribution in [-0.2, 0) is 11.3 Å². The summed E-state index contributed by atoms with van der Waals surface area (Å²) in [5, 5.41) is 13.9. The standard InChI is InChI=1S/C19H26N4O2/c1-14-12-15(2)23(20-14)18-6-4-17(5-7-18)13-21-8-10-22(11-9-21)19(25)16(3)24/h4-7,12,16,24H,8-11,13H2,1-3H3. The smallest absolute Gasteiger partial charge is 0.251 e. The molecule has 0 saturated carbocycles. The lowest BCUT2D eigenvalue weighted by Crippen LogP contribution is -2.50. The number of carbonyl (C=O) groups excluding carboxylic acids is 1. The second-order valence-electron chi connectivity index (χ2n) is 6.78. The van der Waals surface area contributed by atoms with E-state index in [0.29, 0.717) is 13.1 Å². The molecule has 1 atom stereocenters. The van der Waals surface area contributed by atoms with Gasteiger partial charge in [-0.25, -0.2) is 4.68 Å². The number of rotatable bonds is 4. The van der Waals surface area contributed by atoms with Crippen LogP contribution in [0.15, 0.2) is 30.3 Å². The van der Waals surface area contributed by atoms with Gasteiger partial charge < -0.3 is 10.0 Å². The van der Waals surface area contributed by atoms with Gasteiger partial charge in [0.1, 0.15) is 6.10 Å². The normalized spacial score (nSPS) is 16.9. The summed E-state index contributed by atoms with van der Waals surface area (Å²) in [5.41, 5.74) is 4.47. The number of hydrogen-bond acceptors (Lipinski definition) is 4. The Bertz CT molecular complexity index is 728. The Morgan fingerprint density at radius 3 is 2.32 bits per heavy atom. The van der Waals surface area contributed by atoms with E-state index in [1.165, 1.54) is 12.5 Å². The van der Waals surface area contributed by atoms with Gasteiger partial charge in [-0.2, -0.15) is 5.10 Å². The van der Waals surface area contributed by atoms with Gasteiger partial charge in [-0.05, 0) is 44.5 Å². The molecule has 0 radical (unpaired) electrons. The van der Waals surface area contributed by atoms with E-state index in [-0.39, 0.29) is 5.91 Å². The van der Waals surface area contributed by atoms with Crippen molar-refractivity contribution in [1.82, 2.24) is 19.6 Å². The molecule has 1 N–H and O–H groups in total. The third-order valence-electron chi connectivity index (χ3n) is 4.64. The fourth-order valence-corrected chi connectivity index (χ4v) is 3.28. The molecule has 1 aliphatic heterocycles. The van der Waals surface area contributed by atoms with Crippen molar-refractivity contribution in [2.75, 3.05) is 26.2 Å². The predicted octanol–water partition coefficient (Wildman–Crippen LogP) is 1.51. The van der Waals surface area contributed by atoms with Gasteiger partial charge in [0.15, 0.2) is 0 Å². The van der Waals surface area contributed by atoms with Gasteiger partial charge in [0.2, 0.25) is 0 Å². The minimum Gasteiger partial charge on any atom is -0.384 e. The topological polar surface area (TPSA) is 61.6 Å². The van der Waals surface area contributed by atoms with E-state index < -0.39 is 6.10 Å². The van der Waals surface area contributed by atoms with Crippen LogP contribution in [-0.4, -0.2) is 62.9 Å². The summed E-state index contributed by atoms with van der Waals surface area (Å²) in [7, 11) is 0. The van der Waals surface area contributed by atoms with Crippen LogP contribution >= 0.6 is 0 Å². The summed E-state index contributed by atoms with van der Waals surface area (Å²) in [6, 6.07) is 10.5. The average molecular weight is 342 g/mol. The van der Waals surface area contributed by atoms with E-state index in [9.17, 15) is 9.90 Å². The minimum atomic E-state index is -0.909. The van der Waals surface area contributed by atoms with Crippen LogP contribution in [0.5, 0.6) is 0 Å². The number of aliphatic hydroxyl groups excluding tert-OH is 1. The van der Waals surface area contributed by atoms with Crippen LogP contribution in [0.2, 0.25) is 0 Å². The highest BCUT2D eigenvalue weighted by molar-refractivity contribution is 5.80. The molecule has 1 amide bonds. The average Bonchev–Trinajstić information content (AvgIpc) is 2.94. The van der Waals surface area contributed by atoms with Crippen molar-refractivity contribution in [3.05, 3.63) is 47.3 Å². The minimum absolute atomic E-state index is 0.172. The molecular weight excluding hydrogens is 316 g/mol.